The summed E-state index contributed by atoms with van der Waals surface area (Å²) in [6.45, 7) is 8.30. The molecule has 24 heavy (non-hydrogen) atoms. The van der Waals surface area contributed by atoms with E-state index in [1.165, 1.54) is 4.21 Å². The fourth-order valence-corrected chi connectivity index (χ4v) is 4.71. The Balaban J connectivity index is 1.73. The summed E-state index contributed by atoms with van der Waals surface area (Å²) in [4.78, 5) is 1.15. The molecule has 0 bridgehead atoms. The van der Waals surface area contributed by atoms with Crippen LogP contribution in [0.4, 0.5) is 0 Å². The zero-order chi connectivity index (χ0) is 17.4. The third-order valence-electron chi connectivity index (χ3n) is 3.99. The summed E-state index contributed by atoms with van der Waals surface area (Å²) in [6.07, 6.45) is 0. The van der Waals surface area contributed by atoms with E-state index in [1.807, 2.05) is 38.1 Å². The molecule has 0 unspecified atom stereocenters. The molecular formula is C18H21NO3S2. The normalized spacial score (nSPS) is 23.6. The summed E-state index contributed by atoms with van der Waals surface area (Å²) in [5, 5.41) is 14.2. The van der Waals surface area contributed by atoms with E-state index in [2.05, 4.69) is 23.5 Å². The van der Waals surface area contributed by atoms with Gasteiger partial charge in [0, 0.05) is 4.90 Å². The molecule has 2 heterocycles. The highest BCUT2D eigenvalue weighted by Crippen LogP contribution is 2.42. The van der Waals surface area contributed by atoms with Gasteiger partial charge in [0.1, 0.15) is 5.60 Å². The zero-order valence-electron chi connectivity index (χ0n) is 14.2. The smallest absolute Gasteiger partial charge is 0.164 e. The minimum absolute atomic E-state index is 0.391. The molecule has 0 spiro atoms. The van der Waals surface area contributed by atoms with Gasteiger partial charge in [0.05, 0.1) is 16.5 Å². The van der Waals surface area contributed by atoms with E-state index in [0.29, 0.717) is 12.3 Å². The SMILES string of the molecule is C/C(=N/O)c1ccc(Sc2cc([C@@]3(C)COC(C)(C)O3)cs2)cc1. The second-order valence-electron chi connectivity index (χ2n) is 6.49. The first-order valence-corrected chi connectivity index (χ1v) is 9.41. The van der Waals surface area contributed by atoms with Gasteiger partial charge in [-0.05, 0) is 62.4 Å². The van der Waals surface area contributed by atoms with Gasteiger partial charge in [-0.2, -0.15) is 0 Å². The van der Waals surface area contributed by atoms with E-state index in [9.17, 15) is 0 Å². The van der Waals surface area contributed by atoms with Crippen molar-refractivity contribution in [3.05, 3.63) is 46.8 Å². The van der Waals surface area contributed by atoms with Crippen LogP contribution in [0.1, 0.15) is 38.8 Å². The van der Waals surface area contributed by atoms with Gasteiger partial charge in [0.2, 0.25) is 0 Å². The number of ether oxygens (including phenoxy) is 2. The highest BCUT2D eigenvalue weighted by Gasteiger charge is 2.43. The maximum Gasteiger partial charge on any atom is 0.164 e. The first-order chi connectivity index (χ1) is 11.3. The van der Waals surface area contributed by atoms with Gasteiger partial charge >= 0.3 is 0 Å². The van der Waals surface area contributed by atoms with Gasteiger partial charge in [-0.1, -0.05) is 29.1 Å². The van der Waals surface area contributed by atoms with Crippen LogP contribution in [0.15, 0.2) is 50.0 Å². The zero-order valence-corrected chi connectivity index (χ0v) is 15.8. The topological polar surface area (TPSA) is 51.1 Å². The van der Waals surface area contributed by atoms with Gasteiger partial charge in [0.15, 0.2) is 5.79 Å². The Morgan fingerprint density at radius 3 is 2.54 bits per heavy atom. The summed E-state index contributed by atoms with van der Waals surface area (Å²) in [5.41, 5.74) is 2.29. The van der Waals surface area contributed by atoms with Gasteiger partial charge in [-0.3, -0.25) is 0 Å². The predicted octanol–water partition coefficient (Wildman–Crippen LogP) is 5.10. The summed E-state index contributed by atoms with van der Waals surface area (Å²) in [5.74, 6) is -0.536. The van der Waals surface area contributed by atoms with Crippen molar-refractivity contribution in [3.63, 3.8) is 0 Å². The van der Waals surface area contributed by atoms with Crippen molar-refractivity contribution >= 4 is 28.8 Å². The fourth-order valence-electron chi connectivity index (χ4n) is 2.64. The number of thiophene rings is 1. The van der Waals surface area contributed by atoms with E-state index < -0.39 is 11.4 Å². The average molecular weight is 364 g/mol. The molecule has 128 valence electrons. The van der Waals surface area contributed by atoms with Gasteiger partial charge in [-0.25, -0.2) is 0 Å². The predicted molar refractivity (Wildman–Crippen MR) is 97.3 cm³/mol. The number of benzene rings is 1. The largest absolute Gasteiger partial charge is 0.411 e. The standard InChI is InChI=1S/C18H21NO3S2/c1-12(19-20)13-5-7-15(8-6-13)24-16-9-14(10-23-16)18(4)11-21-17(2,3)22-18/h5-10,20H,11H2,1-4H3/b19-12-/t18-/m1/s1. The molecule has 1 aliphatic rings. The van der Waals surface area contributed by atoms with Crippen LogP contribution in [0.3, 0.4) is 0 Å². The van der Waals surface area contributed by atoms with Crippen LogP contribution >= 0.6 is 23.1 Å². The molecule has 0 amide bonds. The lowest BCUT2D eigenvalue weighted by Gasteiger charge is -2.24. The Hall–Kier alpha value is -1.34. The van der Waals surface area contributed by atoms with Crippen LogP contribution in [0.5, 0.6) is 0 Å². The molecule has 1 atom stereocenters. The lowest BCUT2D eigenvalue weighted by atomic mass is 10.0. The Morgan fingerprint density at radius 1 is 1.25 bits per heavy atom. The molecule has 1 aliphatic heterocycles. The number of nitrogens with zero attached hydrogens (tertiary/aromatic N) is 1. The molecule has 6 heteroatoms. The summed E-state index contributed by atoms with van der Waals surface area (Å²) < 4.78 is 13.0. The fraction of sp³-hybridized carbons (Fsp3) is 0.389. The van der Waals surface area contributed by atoms with E-state index in [0.717, 1.165) is 16.0 Å². The molecule has 0 radical (unpaired) electrons. The molecule has 1 saturated heterocycles. The molecule has 0 saturated carbocycles. The third-order valence-corrected chi connectivity index (χ3v) is 6.08. The maximum absolute atomic E-state index is 8.82. The lowest BCUT2D eigenvalue weighted by molar-refractivity contribution is -0.159. The van der Waals surface area contributed by atoms with Crippen molar-refractivity contribution in [3.8, 4) is 0 Å². The highest BCUT2D eigenvalue weighted by molar-refractivity contribution is 8.01. The molecule has 3 rings (SSSR count). The molecule has 1 N–H and O–H groups in total. The molecular weight excluding hydrogens is 342 g/mol. The van der Waals surface area contributed by atoms with Crippen LogP contribution in [0, 0.1) is 0 Å². The van der Waals surface area contributed by atoms with E-state index in [4.69, 9.17) is 14.7 Å². The van der Waals surface area contributed by atoms with Crippen LogP contribution in [-0.2, 0) is 15.1 Å². The van der Waals surface area contributed by atoms with Crippen LogP contribution in [0.25, 0.3) is 0 Å². The first kappa shape index (κ1) is 17.5. The monoisotopic (exact) mass is 363 g/mol. The van der Waals surface area contributed by atoms with Crippen LogP contribution in [0.2, 0.25) is 0 Å². The molecule has 4 nitrogen and oxygen atoms in total. The van der Waals surface area contributed by atoms with Gasteiger partial charge in [-0.15, -0.1) is 11.3 Å². The second-order valence-corrected chi connectivity index (χ2v) is 8.77. The second kappa shape index (κ2) is 6.52. The molecule has 1 aromatic carbocycles. The number of rotatable bonds is 4. The van der Waals surface area contributed by atoms with Crippen LogP contribution < -0.4 is 0 Å². The van der Waals surface area contributed by atoms with Crippen molar-refractivity contribution in [2.75, 3.05) is 6.61 Å². The summed E-state index contributed by atoms with van der Waals surface area (Å²) >= 11 is 3.42. The molecule has 2 aromatic rings. The van der Waals surface area contributed by atoms with Crippen molar-refractivity contribution in [2.24, 2.45) is 5.16 Å². The minimum atomic E-state index is -0.536. The number of oxime groups is 1. The Kier molecular flexibility index (Phi) is 4.75. The first-order valence-electron chi connectivity index (χ1n) is 7.71. The minimum Gasteiger partial charge on any atom is -0.411 e. The summed E-state index contributed by atoms with van der Waals surface area (Å²) in [7, 11) is 0. The van der Waals surface area contributed by atoms with Gasteiger partial charge < -0.3 is 14.7 Å². The number of hydrogen-bond donors (Lipinski definition) is 1. The van der Waals surface area contributed by atoms with Crippen molar-refractivity contribution in [1.29, 1.82) is 0 Å². The molecule has 1 aromatic heterocycles. The van der Waals surface area contributed by atoms with E-state index in [1.54, 1.807) is 30.0 Å². The Bertz CT molecular complexity index is 752. The van der Waals surface area contributed by atoms with E-state index in [-0.39, 0.29) is 0 Å². The molecule has 1 fully saturated rings. The highest BCUT2D eigenvalue weighted by atomic mass is 32.2. The number of hydrogen-bond acceptors (Lipinski definition) is 6. The Morgan fingerprint density at radius 2 is 1.96 bits per heavy atom. The lowest BCUT2D eigenvalue weighted by Crippen LogP contribution is -2.27. The molecule has 0 aliphatic carbocycles. The van der Waals surface area contributed by atoms with E-state index >= 15 is 0 Å². The van der Waals surface area contributed by atoms with Gasteiger partial charge in [0.25, 0.3) is 0 Å². The quantitative estimate of drug-likeness (QED) is 0.467. The summed E-state index contributed by atoms with van der Waals surface area (Å²) in [6, 6.07) is 10.2. The average Bonchev–Trinajstić information content (AvgIpc) is 3.12. The van der Waals surface area contributed by atoms with Crippen LogP contribution in [-0.4, -0.2) is 23.3 Å². The third kappa shape index (κ3) is 3.67. The maximum atomic E-state index is 8.82. The van der Waals surface area contributed by atoms with Crippen molar-refractivity contribution in [2.45, 2.75) is 48.2 Å². The van der Waals surface area contributed by atoms with Crippen molar-refractivity contribution < 1.29 is 14.7 Å². The Labute approximate surface area is 150 Å². The van der Waals surface area contributed by atoms with Crippen molar-refractivity contribution in [1.82, 2.24) is 0 Å².